The van der Waals surface area contributed by atoms with Crippen molar-refractivity contribution in [3.05, 3.63) is 58.8 Å². The Bertz CT molecular complexity index is 517. The van der Waals surface area contributed by atoms with E-state index in [1.807, 2.05) is 13.8 Å². The third kappa shape index (κ3) is 2.24. The second-order valence-corrected chi connectivity index (χ2v) is 4.08. The predicted molar refractivity (Wildman–Crippen MR) is 63.3 cm³/mol. The predicted octanol–water partition coefficient (Wildman–Crippen LogP) is 3.37. The molecular formula is C14H15FO2. The van der Waals surface area contributed by atoms with Crippen LogP contribution in [0.2, 0.25) is 0 Å². The molecule has 90 valence electrons. The van der Waals surface area contributed by atoms with E-state index in [0.717, 1.165) is 5.56 Å². The zero-order valence-electron chi connectivity index (χ0n) is 9.90. The summed E-state index contributed by atoms with van der Waals surface area (Å²) in [4.78, 5) is 0. The normalized spacial score (nSPS) is 12.7. The SMILES string of the molecule is CCc1occc1C(O)c1cc(C)ccc1F. The first-order valence-corrected chi connectivity index (χ1v) is 5.64. The number of hydrogen-bond acceptors (Lipinski definition) is 2. The van der Waals surface area contributed by atoms with Gasteiger partial charge in [0.05, 0.1) is 6.26 Å². The number of aliphatic hydroxyl groups is 1. The summed E-state index contributed by atoms with van der Waals surface area (Å²) >= 11 is 0. The number of aliphatic hydroxyl groups excluding tert-OH is 1. The van der Waals surface area contributed by atoms with Gasteiger partial charge < -0.3 is 9.52 Å². The molecule has 1 aromatic carbocycles. The van der Waals surface area contributed by atoms with Gasteiger partial charge in [-0.25, -0.2) is 4.39 Å². The highest BCUT2D eigenvalue weighted by atomic mass is 19.1. The minimum atomic E-state index is -0.969. The Morgan fingerprint density at radius 3 is 2.76 bits per heavy atom. The molecule has 0 aliphatic rings. The van der Waals surface area contributed by atoms with Crippen molar-refractivity contribution in [3.63, 3.8) is 0 Å². The standard InChI is InChI=1S/C14H15FO2/c1-3-13-10(6-7-17-13)14(16)11-8-9(2)4-5-12(11)15/h4-8,14,16H,3H2,1-2H3. The molecule has 1 unspecified atom stereocenters. The van der Waals surface area contributed by atoms with Gasteiger partial charge in [-0.05, 0) is 19.1 Å². The van der Waals surface area contributed by atoms with Crippen LogP contribution >= 0.6 is 0 Å². The van der Waals surface area contributed by atoms with Crippen LogP contribution in [0.4, 0.5) is 4.39 Å². The Morgan fingerprint density at radius 2 is 2.06 bits per heavy atom. The minimum absolute atomic E-state index is 0.293. The molecule has 3 heteroatoms. The van der Waals surface area contributed by atoms with Crippen molar-refractivity contribution in [2.45, 2.75) is 26.4 Å². The summed E-state index contributed by atoms with van der Waals surface area (Å²) in [5.41, 5.74) is 1.85. The van der Waals surface area contributed by atoms with Crippen LogP contribution in [0.3, 0.4) is 0 Å². The van der Waals surface area contributed by atoms with E-state index >= 15 is 0 Å². The lowest BCUT2D eigenvalue weighted by atomic mass is 9.99. The molecular weight excluding hydrogens is 219 g/mol. The van der Waals surface area contributed by atoms with E-state index in [-0.39, 0.29) is 0 Å². The van der Waals surface area contributed by atoms with Gasteiger partial charge in [0.25, 0.3) is 0 Å². The molecule has 0 amide bonds. The fourth-order valence-corrected chi connectivity index (χ4v) is 1.92. The van der Waals surface area contributed by atoms with Gasteiger partial charge in [-0.2, -0.15) is 0 Å². The molecule has 0 radical (unpaired) electrons. The summed E-state index contributed by atoms with van der Waals surface area (Å²) < 4.78 is 18.9. The maximum Gasteiger partial charge on any atom is 0.129 e. The molecule has 0 saturated carbocycles. The van der Waals surface area contributed by atoms with E-state index in [2.05, 4.69) is 0 Å². The smallest absolute Gasteiger partial charge is 0.129 e. The highest BCUT2D eigenvalue weighted by Gasteiger charge is 2.19. The van der Waals surface area contributed by atoms with Crippen LogP contribution < -0.4 is 0 Å². The van der Waals surface area contributed by atoms with E-state index < -0.39 is 11.9 Å². The Hall–Kier alpha value is -1.61. The van der Waals surface area contributed by atoms with Crippen molar-refractivity contribution in [1.82, 2.24) is 0 Å². The maximum absolute atomic E-state index is 13.7. The number of benzene rings is 1. The average Bonchev–Trinajstić information content (AvgIpc) is 2.79. The van der Waals surface area contributed by atoms with Gasteiger partial charge in [-0.15, -0.1) is 0 Å². The fraction of sp³-hybridized carbons (Fsp3) is 0.286. The molecule has 0 aliphatic heterocycles. The number of hydrogen-bond donors (Lipinski definition) is 1. The Morgan fingerprint density at radius 1 is 1.29 bits per heavy atom. The number of aryl methyl sites for hydroxylation is 2. The van der Waals surface area contributed by atoms with Crippen LogP contribution in [0.15, 0.2) is 34.9 Å². The van der Waals surface area contributed by atoms with Crippen LogP contribution in [0.1, 0.15) is 35.5 Å². The van der Waals surface area contributed by atoms with Crippen LogP contribution in [0.5, 0.6) is 0 Å². The molecule has 1 aromatic heterocycles. The molecule has 0 spiro atoms. The summed E-state index contributed by atoms with van der Waals surface area (Å²) in [6.07, 6.45) is 1.22. The Labute approximate surface area is 99.7 Å². The third-order valence-corrected chi connectivity index (χ3v) is 2.84. The van der Waals surface area contributed by atoms with Crippen LogP contribution in [0, 0.1) is 12.7 Å². The van der Waals surface area contributed by atoms with Crippen LogP contribution in [0.25, 0.3) is 0 Å². The van der Waals surface area contributed by atoms with E-state index in [0.29, 0.717) is 23.3 Å². The van der Waals surface area contributed by atoms with Gasteiger partial charge in [0, 0.05) is 17.5 Å². The van der Waals surface area contributed by atoms with E-state index in [4.69, 9.17) is 4.42 Å². The van der Waals surface area contributed by atoms with Crippen LogP contribution in [-0.2, 0) is 6.42 Å². The average molecular weight is 234 g/mol. The molecule has 1 heterocycles. The quantitative estimate of drug-likeness (QED) is 0.883. The lowest BCUT2D eigenvalue weighted by Gasteiger charge is -2.12. The molecule has 2 aromatic rings. The van der Waals surface area contributed by atoms with Crippen molar-refractivity contribution >= 4 is 0 Å². The van der Waals surface area contributed by atoms with Gasteiger partial charge in [0.1, 0.15) is 17.7 Å². The van der Waals surface area contributed by atoms with Crippen molar-refractivity contribution < 1.29 is 13.9 Å². The van der Waals surface area contributed by atoms with Crippen molar-refractivity contribution in [2.24, 2.45) is 0 Å². The summed E-state index contributed by atoms with van der Waals surface area (Å²) in [6.45, 7) is 3.80. The minimum Gasteiger partial charge on any atom is -0.469 e. The van der Waals surface area contributed by atoms with E-state index in [1.54, 1.807) is 18.2 Å². The summed E-state index contributed by atoms with van der Waals surface area (Å²) in [5, 5.41) is 10.2. The molecule has 0 bridgehead atoms. The fourth-order valence-electron chi connectivity index (χ4n) is 1.92. The lowest BCUT2D eigenvalue weighted by Crippen LogP contribution is -2.04. The van der Waals surface area contributed by atoms with Crippen molar-refractivity contribution in [2.75, 3.05) is 0 Å². The van der Waals surface area contributed by atoms with Gasteiger partial charge in [0.15, 0.2) is 0 Å². The summed E-state index contributed by atoms with van der Waals surface area (Å²) in [7, 11) is 0. The first-order chi connectivity index (χ1) is 8.13. The number of rotatable bonds is 3. The molecule has 2 nitrogen and oxygen atoms in total. The summed E-state index contributed by atoms with van der Waals surface area (Å²) in [6, 6.07) is 6.40. The second kappa shape index (κ2) is 4.72. The highest BCUT2D eigenvalue weighted by molar-refractivity contribution is 5.34. The van der Waals surface area contributed by atoms with Gasteiger partial charge >= 0.3 is 0 Å². The van der Waals surface area contributed by atoms with Crippen LogP contribution in [-0.4, -0.2) is 5.11 Å². The Kier molecular flexibility index (Phi) is 3.29. The molecule has 1 N–H and O–H groups in total. The lowest BCUT2D eigenvalue weighted by molar-refractivity contribution is 0.212. The third-order valence-electron chi connectivity index (χ3n) is 2.84. The largest absolute Gasteiger partial charge is 0.469 e. The van der Waals surface area contributed by atoms with Gasteiger partial charge in [-0.3, -0.25) is 0 Å². The summed E-state index contributed by atoms with van der Waals surface area (Å²) in [5.74, 6) is 0.296. The van der Waals surface area contributed by atoms with E-state index in [1.165, 1.54) is 12.3 Å². The first kappa shape index (κ1) is 11.9. The second-order valence-electron chi connectivity index (χ2n) is 4.08. The number of halogens is 1. The topological polar surface area (TPSA) is 33.4 Å². The van der Waals surface area contributed by atoms with Gasteiger partial charge in [0.2, 0.25) is 0 Å². The molecule has 17 heavy (non-hydrogen) atoms. The van der Waals surface area contributed by atoms with Gasteiger partial charge in [-0.1, -0.05) is 24.6 Å². The maximum atomic E-state index is 13.7. The zero-order chi connectivity index (χ0) is 12.4. The Balaban J connectivity index is 2.43. The molecule has 0 fully saturated rings. The first-order valence-electron chi connectivity index (χ1n) is 5.64. The zero-order valence-corrected chi connectivity index (χ0v) is 9.90. The molecule has 1 atom stereocenters. The molecule has 0 aliphatic carbocycles. The number of furan rings is 1. The molecule has 0 saturated heterocycles. The molecule has 2 rings (SSSR count). The van der Waals surface area contributed by atoms with E-state index in [9.17, 15) is 9.50 Å². The van der Waals surface area contributed by atoms with Crippen molar-refractivity contribution in [3.8, 4) is 0 Å². The monoisotopic (exact) mass is 234 g/mol. The van der Waals surface area contributed by atoms with Crippen molar-refractivity contribution in [1.29, 1.82) is 0 Å². The highest BCUT2D eigenvalue weighted by Crippen LogP contribution is 2.28.